The molecule has 0 amide bonds. The van der Waals surface area contributed by atoms with Crippen LogP contribution in [0.15, 0.2) is 72.9 Å². The van der Waals surface area contributed by atoms with Crippen LogP contribution < -0.4 is 10.2 Å². The second kappa shape index (κ2) is 8.90. The normalized spacial score (nSPS) is 17.8. The van der Waals surface area contributed by atoms with Gasteiger partial charge in [-0.15, -0.1) is 0 Å². The standard InChI is InChI=1S/C28H27ClN4S/c1-17-8-11-23(15-18(17)2)33-27(26(31-28(33)34)25-7-5-6-14-30-25)24-16-19(3)32(20(24)4)22-12-9-21(29)10-13-22/h5-16,26-27H,1-4H3,(H,31,34)/t26-,27-/m0/s1. The number of halogens is 1. The lowest BCUT2D eigenvalue weighted by atomic mass is 9.96. The van der Waals surface area contributed by atoms with Gasteiger partial charge < -0.3 is 14.8 Å². The number of anilines is 1. The van der Waals surface area contributed by atoms with Crippen LogP contribution in [0.3, 0.4) is 0 Å². The first-order valence-electron chi connectivity index (χ1n) is 11.4. The smallest absolute Gasteiger partial charge is 0.174 e. The van der Waals surface area contributed by atoms with Crippen molar-refractivity contribution in [1.82, 2.24) is 14.9 Å². The summed E-state index contributed by atoms with van der Waals surface area (Å²) in [6, 6.07) is 22.7. The Kier molecular flexibility index (Phi) is 5.92. The SMILES string of the molecule is Cc1ccc(N2C(=S)N[C@@H](c3ccccn3)[C@@H]2c2cc(C)n(-c3ccc(Cl)cc3)c2C)cc1C. The molecular weight excluding hydrogens is 460 g/mol. The minimum atomic E-state index is -0.0746. The van der Waals surface area contributed by atoms with Gasteiger partial charge in [-0.1, -0.05) is 23.7 Å². The van der Waals surface area contributed by atoms with Crippen LogP contribution in [0.4, 0.5) is 5.69 Å². The maximum atomic E-state index is 6.16. The van der Waals surface area contributed by atoms with Crippen LogP contribution in [-0.2, 0) is 0 Å². The number of nitrogens with one attached hydrogen (secondary N) is 1. The predicted octanol–water partition coefficient (Wildman–Crippen LogP) is 6.94. The summed E-state index contributed by atoms with van der Waals surface area (Å²) in [6.45, 7) is 8.59. The first kappa shape index (κ1) is 22.6. The van der Waals surface area contributed by atoms with Crippen molar-refractivity contribution in [2.24, 2.45) is 0 Å². The lowest BCUT2D eigenvalue weighted by molar-refractivity contribution is 0.565. The van der Waals surface area contributed by atoms with Crippen molar-refractivity contribution in [3.8, 4) is 5.69 Å². The summed E-state index contributed by atoms with van der Waals surface area (Å²) in [6.07, 6.45) is 1.84. The van der Waals surface area contributed by atoms with Gasteiger partial charge in [-0.3, -0.25) is 4.98 Å². The Bertz CT molecular complexity index is 1360. The number of hydrogen-bond donors (Lipinski definition) is 1. The molecule has 0 saturated carbocycles. The molecule has 0 aliphatic carbocycles. The maximum Gasteiger partial charge on any atom is 0.174 e. The van der Waals surface area contributed by atoms with Crippen LogP contribution in [0.5, 0.6) is 0 Å². The van der Waals surface area contributed by atoms with Gasteiger partial charge >= 0.3 is 0 Å². The third-order valence-corrected chi connectivity index (χ3v) is 7.31. The molecule has 0 bridgehead atoms. The molecular formula is C28H27ClN4S. The number of nitrogens with zero attached hydrogens (tertiary/aromatic N) is 3. The summed E-state index contributed by atoms with van der Waals surface area (Å²) in [5.74, 6) is 0. The third-order valence-electron chi connectivity index (χ3n) is 6.74. The van der Waals surface area contributed by atoms with Crippen molar-refractivity contribution in [2.75, 3.05) is 4.90 Å². The van der Waals surface area contributed by atoms with E-state index in [1.807, 2.05) is 30.5 Å². The average Bonchev–Trinajstić information content (AvgIpc) is 3.32. The van der Waals surface area contributed by atoms with Gasteiger partial charge in [0.1, 0.15) is 0 Å². The molecule has 2 atom stereocenters. The molecule has 6 heteroatoms. The first-order valence-corrected chi connectivity index (χ1v) is 12.2. The quantitative estimate of drug-likeness (QED) is 0.317. The Labute approximate surface area is 211 Å². The Morgan fingerprint density at radius 2 is 1.62 bits per heavy atom. The van der Waals surface area contributed by atoms with Crippen molar-refractivity contribution < 1.29 is 0 Å². The fraction of sp³-hybridized carbons (Fsp3) is 0.214. The van der Waals surface area contributed by atoms with Gasteiger partial charge in [0.05, 0.1) is 17.8 Å². The molecule has 1 aliphatic heterocycles. The summed E-state index contributed by atoms with van der Waals surface area (Å²) in [5.41, 5.74) is 9.20. The molecule has 1 N–H and O–H groups in total. The van der Waals surface area contributed by atoms with E-state index in [2.05, 4.69) is 89.9 Å². The Morgan fingerprint density at radius 3 is 2.29 bits per heavy atom. The number of rotatable bonds is 4. The lowest BCUT2D eigenvalue weighted by Crippen LogP contribution is -2.29. The minimum Gasteiger partial charge on any atom is -0.351 e. The number of hydrogen-bond acceptors (Lipinski definition) is 2. The highest BCUT2D eigenvalue weighted by Gasteiger charge is 2.42. The Balaban J connectivity index is 1.68. The molecule has 2 aromatic heterocycles. The lowest BCUT2D eigenvalue weighted by Gasteiger charge is -2.28. The van der Waals surface area contributed by atoms with Gasteiger partial charge in [0.2, 0.25) is 0 Å². The summed E-state index contributed by atoms with van der Waals surface area (Å²) in [7, 11) is 0. The van der Waals surface area contributed by atoms with E-state index in [0.29, 0.717) is 5.11 Å². The van der Waals surface area contributed by atoms with Crippen LogP contribution >= 0.6 is 23.8 Å². The number of benzene rings is 2. The van der Waals surface area contributed by atoms with Crippen LogP contribution in [-0.4, -0.2) is 14.7 Å². The molecule has 1 saturated heterocycles. The third kappa shape index (κ3) is 3.89. The fourth-order valence-corrected chi connectivity index (χ4v) is 5.37. The zero-order valence-corrected chi connectivity index (χ0v) is 21.3. The molecule has 0 radical (unpaired) electrons. The summed E-state index contributed by atoms with van der Waals surface area (Å²) >= 11 is 12.1. The van der Waals surface area contributed by atoms with E-state index >= 15 is 0 Å². The molecule has 1 aliphatic rings. The molecule has 0 unspecified atom stereocenters. The van der Waals surface area contributed by atoms with E-state index in [1.165, 1.54) is 22.4 Å². The van der Waals surface area contributed by atoms with Crippen LogP contribution in [0.2, 0.25) is 5.02 Å². The van der Waals surface area contributed by atoms with Crippen LogP contribution in [0.25, 0.3) is 5.69 Å². The molecule has 4 aromatic rings. The Morgan fingerprint density at radius 1 is 0.882 bits per heavy atom. The van der Waals surface area contributed by atoms with Gasteiger partial charge in [0, 0.05) is 34.0 Å². The molecule has 2 aromatic carbocycles. The fourth-order valence-electron chi connectivity index (χ4n) is 4.90. The predicted molar refractivity (Wildman–Crippen MR) is 144 cm³/mol. The zero-order valence-electron chi connectivity index (χ0n) is 19.7. The van der Waals surface area contributed by atoms with E-state index in [1.54, 1.807) is 0 Å². The van der Waals surface area contributed by atoms with E-state index in [4.69, 9.17) is 23.8 Å². The van der Waals surface area contributed by atoms with E-state index in [-0.39, 0.29) is 12.1 Å². The van der Waals surface area contributed by atoms with Crippen LogP contribution in [0.1, 0.15) is 45.9 Å². The molecule has 0 spiro atoms. The van der Waals surface area contributed by atoms with E-state index in [0.717, 1.165) is 27.8 Å². The minimum absolute atomic E-state index is 0.0447. The van der Waals surface area contributed by atoms with Crippen molar-refractivity contribution in [3.05, 3.63) is 112 Å². The highest BCUT2D eigenvalue weighted by Crippen LogP contribution is 2.44. The average molecular weight is 487 g/mol. The van der Waals surface area contributed by atoms with Crippen molar-refractivity contribution >= 4 is 34.6 Å². The summed E-state index contributed by atoms with van der Waals surface area (Å²) < 4.78 is 2.28. The van der Waals surface area contributed by atoms with Gasteiger partial charge in [-0.2, -0.15) is 0 Å². The maximum absolute atomic E-state index is 6.16. The Hall–Kier alpha value is -3.15. The molecule has 34 heavy (non-hydrogen) atoms. The van der Waals surface area contributed by atoms with E-state index in [9.17, 15) is 0 Å². The van der Waals surface area contributed by atoms with Gasteiger partial charge in [-0.05, 0) is 111 Å². The number of thiocarbonyl (C=S) groups is 1. The van der Waals surface area contributed by atoms with Gasteiger partial charge in [-0.25, -0.2) is 0 Å². The highest BCUT2D eigenvalue weighted by atomic mass is 35.5. The number of pyridine rings is 1. The molecule has 3 heterocycles. The van der Waals surface area contributed by atoms with Gasteiger partial charge in [0.15, 0.2) is 5.11 Å². The topological polar surface area (TPSA) is 33.1 Å². The molecule has 5 rings (SSSR count). The van der Waals surface area contributed by atoms with Crippen molar-refractivity contribution in [2.45, 2.75) is 39.8 Å². The zero-order chi connectivity index (χ0) is 24.0. The second-order valence-corrected chi connectivity index (χ2v) is 9.73. The van der Waals surface area contributed by atoms with E-state index < -0.39 is 0 Å². The highest BCUT2D eigenvalue weighted by molar-refractivity contribution is 7.80. The monoisotopic (exact) mass is 486 g/mol. The largest absolute Gasteiger partial charge is 0.351 e. The second-order valence-electron chi connectivity index (χ2n) is 8.90. The number of aryl methyl sites for hydroxylation is 3. The molecule has 172 valence electrons. The van der Waals surface area contributed by atoms with Crippen LogP contribution in [0, 0.1) is 27.7 Å². The molecule has 1 fully saturated rings. The van der Waals surface area contributed by atoms with Gasteiger partial charge in [0.25, 0.3) is 0 Å². The first-order chi connectivity index (χ1) is 16.3. The summed E-state index contributed by atoms with van der Waals surface area (Å²) in [4.78, 5) is 6.93. The van der Waals surface area contributed by atoms with Crippen molar-refractivity contribution in [1.29, 1.82) is 0 Å². The molecule has 4 nitrogen and oxygen atoms in total. The van der Waals surface area contributed by atoms with Crippen molar-refractivity contribution in [3.63, 3.8) is 0 Å². The summed E-state index contributed by atoms with van der Waals surface area (Å²) in [5, 5.41) is 5.01. The number of aromatic nitrogens is 2.